The van der Waals surface area contributed by atoms with Gasteiger partial charge in [0.1, 0.15) is 0 Å². The molecule has 1 aromatic carbocycles. The second kappa shape index (κ2) is 7.03. The van der Waals surface area contributed by atoms with Crippen LogP contribution in [0.25, 0.3) is 10.9 Å². The lowest BCUT2D eigenvalue weighted by Crippen LogP contribution is -2.44. The van der Waals surface area contributed by atoms with Crippen molar-refractivity contribution in [1.82, 2.24) is 14.7 Å². The third-order valence-corrected chi connectivity index (χ3v) is 4.79. The molecule has 1 atom stereocenters. The number of hydrogen-bond acceptors (Lipinski definition) is 3. The number of aromatic nitrogens is 2. The first-order valence-electron chi connectivity index (χ1n) is 8.48. The van der Waals surface area contributed by atoms with Crippen molar-refractivity contribution in [3.63, 3.8) is 0 Å². The fourth-order valence-electron chi connectivity index (χ4n) is 3.58. The average Bonchev–Trinajstić information content (AvgIpc) is 2.89. The summed E-state index contributed by atoms with van der Waals surface area (Å²) in [4.78, 5) is 25.5. The minimum atomic E-state index is -0.802. The van der Waals surface area contributed by atoms with E-state index in [1.54, 1.807) is 4.68 Å². The number of likely N-dealkylation sites (tertiary alicyclic amines) is 1. The van der Waals surface area contributed by atoms with Crippen molar-refractivity contribution in [3.05, 3.63) is 30.0 Å². The van der Waals surface area contributed by atoms with Crippen molar-refractivity contribution in [3.8, 4) is 0 Å². The molecule has 0 saturated carbocycles. The monoisotopic (exact) mass is 329 g/mol. The van der Waals surface area contributed by atoms with Crippen LogP contribution in [0.5, 0.6) is 0 Å². The molecule has 24 heavy (non-hydrogen) atoms. The van der Waals surface area contributed by atoms with Crippen LogP contribution in [-0.2, 0) is 23.1 Å². The van der Waals surface area contributed by atoms with Gasteiger partial charge < -0.3 is 10.0 Å². The smallest absolute Gasteiger partial charge is 0.303 e. The molecule has 0 spiro atoms. The van der Waals surface area contributed by atoms with E-state index in [-0.39, 0.29) is 24.8 Å². The molecule has 1 aromatic heterocycles. The summed E-state index contributed by atoms with van der Waals surface area (Å²) >= 11 is 0. The van der Waals surface area contributed by atoms with Crippen LogP contribution < -0.4 is 0 Å². The van der Waals surface area contributed by atoms with Crippen LogP contribution in [0.2, 0.25) is 0 Å². The topological polar surface area (TPSA) is 75.4 Å². The van der Waals surface area contributed by atoms with E-state index in [4.69, 9.17) is 5.11 Å². The van der Waals surface area contributed by atoms with Crippen molar-refractivity contribution >= 4 is 22.8 Å². The third-order valence-electron chi connectivity index (χ3n) is 4.79. The SMILES string of the molecule is Cn1nc(CC(=O)N2CCCCC2CCC(=O)O)c2ccccc21. The number of hydrogen-bond donors (Lipinski definition) is 1. The number of amides is 1. The molecule has 6 heteroatoms. The summed E-state index contributed by atoms with van der Waals surface area (Å²) in [6, 6.07) is 7.93. The summed E-state index contributed by atoms with van der Waals surface area (Å²) in [6.07, 6.45) is 3.84. The van der Waals surface area contributed by atoms with Gasteiger partial charge in [0.25, 0.3) is 0 Å². The fourth-order valence-corrected chi connectivity index (χ4v) is 3.58. The summed E-state index contributed by atoms with van der Waals surface area (Å²) in [6.45, 7) is 0.716. The largest absolute Gasteiger partial charge is 0.481 e. The number of aliphatic carboxylic acids is 1. The van der Waals surface area contributed by atoms with Gasteiger partial charge in [0, 0.05) is 31.4 Å². The number of carboxylic acid groups (broad SMARTS) is 1. The van der Waals surface area contributed by atoms with E-state index in [0.717, 1.165) is 35.9 Å². The quantitative estimate of drug-likeness (QED) is 0.914. The van der Waals surface area contributed by atoms with E-state index in [2.05, 4.69) is 5.10 Å². The highest BCUT2D eigenvalue weighted by molar-refractivity contribution is 5.87. The van der Waals surface area contributed by atoms with E-state index < -0.39 is 5.97 Å². The number of carboxylic acids is 1. The summed E-state index contributed by atoms with van der Waals surface area (Å²) in [5.74, 6) is -0.752. The summed E-state index contributed by atoms with van der Waals surface area (Å²) in [7, 11) is 1.88. The van der Waals surface area contributed by atoms with Crippen LogP contribution >= 0.6 is 0 Å². The first-order chi connectivity index (χ1) is 11.6. The van der Waals surface area contributed by atoms with E-state index in [1.165, 1.54) is 0 Å². The highest BCUT2D eigenvalue weighted by Crippen LogP contribution is 2.23. The van der Waals surface area contributed by atoms with Gasteiger partial charge in [0.2, 0.25) is 5.91 Å². The normalized spacial score (nSPS) is 18.0. The average molecular weight is 329 g/mol. The van der Waals surface area contributed by atoms with Gasteiger partial charge in [-0.15, -0.1) is 0 Å². The first-order valence-corrected chi connectivity index (χ1v) is 8.48. The van der Waals surface area contributed by atoms with Crippen LogP contribution in [0.15, 0.2) is 24.3 Å². The summed E-state index contributed by atoms with van der Waals surface area (Å²) in [5, 5.41) is 14.4. The molecule has 1 unspecified atom stereocenters. The van der Waals surface area contributed by atoms with Gasteiger partial charge >= 0.3 is 5.97 Å². The Labute approximate surface area is 141 Å². The Morgan fingerprint density at radius 1 is 1.29 bits per heavy atom. The molecule has 6 nitrogen and oxygen atoms in total. The Morgan fingerprint density at radius 3 is 2.88 bits per heavy atom. The Hall–Kier alpha value is -2.37. The molecule has 1 aliphatic rings. The van der Waals surface area contributed by atoms with Crippen molar-refractivity contribution < 1.29 is 14.7 Å². The van der Waals surface area contributed by atoms with Gasteiger partial charge in [-0.1, -0.05) is 18.2 Å². The van der Waals surface area contributed by atoms with Crippen LogP contribution in [0.3, 0.4) is 0 Å². The zero-order valence-corrected chi connectivity index (χ0v) is 13.9. The van der Waals surface area contributed by atoms with Gasteiger partial charge in [-0.25, -0.2) is 0 Å². The van der Waals surface area contributed by atoms with E-state index in [9.17, 15) is 9.59 Å². The molecular formula is C18H23N3O3. The molecule has 128 valence electrons. The maximum Gasteiger partial charge on any atom is 0.303 e. The summed E-state index contributed by atoms with van der Waals surface area (Å²) < 4.78 is 1.80. The number of carbonyl (C=O) groups is 2. The first kappa shape index (κ1) is 16.5. The second-order valence-electron chi connectivity index (χ2n) is 6.43. The van der Waals surface area contributed by atoms with Gasteiger partial charge in [0.15, 0.2) is 0 Å². The number of nitrogens with zero attached hydrogens (tertiary/aromatic N) is 3. The fraction of sp³-hybridized carbons (Fsp3) is 0.500. The zero-order valence-electron chi connectivity index (χ0n) is 13.9. The second-order valence-corrected chi connectivity index (χ2v) is 6.43. The molecule has 0 radical (unpaired) electrons. The summed E-state index contributed by atoms with van der Waals surface area (Å²) in [5.41, 5.74) is 1.81. The van der Waals surface area contributed by atoms with E-state index in [0.29, 0.717) is 13.0 Å². The van der Waals surface area contributed by atoms with Crippen LogP contribution in [-0.4, -0.2) is 44.3 Å². The molecule has 3 rings (SSSR count). The van der Waals surface area contributed by atoms with E-state index >= 15 is 0 Å². The molecule has 1 saturated heterocycles. The molecule has 0 bridgehead atoms. The number of piperidine rings is 1. The predicted octanol–water partition coefficient (Wildman–Crippen LogP) is 2.36. The Balaban J connectivity index is 1.75. The number of benzene rings is 1. The third kappa shape index (κ3) is 3.42. The lowest BCUT2D eigenvalue weighted by molar-refractivity contribution is -0.139. The van der Waals surface area contributed by atoms with Gasteiger partial charge in [-0.3, -0.25) is 14.3 Å². The van der Waals surface area contributed by atoms with Crippen molar-refractivity contribution in [2.24, 2.45) is 7.05 Å². The van der Waals surface area contributed by atoms with Crippen LogP contribution in [0.4, 0.5) is 0 Å². The van der Waals surface area contributed by atoms with Crippen molar-refractivity contribution in [1.29, 1.82) is 0 Å². The lowest BCUT2D eigenvalue weighted by Gasteiger charge is -2.35. The highest BCUT2D eigenvalue weighted by atomic mass is 16.4. The standard InChI is InChI=1S/C18H23N3O3/c1-20-16-8-3-2-7-14(16)15(19-20)12-17(22)21-11-5-4-6-13(21)9-10-18(23)24/h2-3,7-8,13H,4-6,9-12H2,1H3,(H,23,24). The Bertz CT molecular complexity index is 753. The molecule has 2 aromatic rings. The Kier molecular flexibility index (Phi) is 4.83. The number of carbonyl (C=O) groups excluding carboxylic acids is 1. The zero-order chi connectivity index (χ0) is 17.1. The molecule has 1 amide bonds. The molecule has 1 aliphatic heterocycles. The molecule has 0 aliphatic carbocycles. The number of fused-ring (bicyclic) bond motifs is 1. The highest BCUT2D eigenvalue weighted by Gasteiger charge is 2.27. The minimum Gasteiger partial charge on any atom is -0.481 e. The minimum absolute atomic E-state index is 0.0392. The van der Waals surface area contributed by atoms with Crippen molar-refractivity contribution in [2.75, 3.05) is 6.54 Å². The number of aryl methyl sites for hydroxylation is 1. The van der Waals surface area contributed by atoms with E-state index in [1.807, 2.05) is 36.2 Å². The molecular weight excluding hydrogens is 306 g/mol. The lowest BCUT2D eigenvalue weighted by atomic mass is 9.97. The molecule has 1 N–H and O–H groups in total. The maximum atomic E-state index is 12.8. The maximum absolute atomic E-state index is 12.8. The predicted molar refractivity (Wildman–Crippen MR) is 90.6 cm³/mol. The van der Waals surface area contributed by atoms with Gasteiger partial charge in [-0.2, -0.15) is 5.10 Å². The Morgan fingerprint density at radius 2 is 2.08 bits per heavy atom. The van der Waals surface area contributed by atoms with Gasteiger partial charge in [-0.05, 0) is 31.7 Å². The van der Waals surface area contributed by atoms with Crippen LogP contribution in [0.1, 0.15) is 37.8 Å². The van der Waals surface area contributed by atoms with Crippen LogP contribution in [0, 0.1) is 0 Å². The number of rotatable bonds is 5. The number of para-hydroxylation sites is 1. The van der Waals surface area contributed by atoms with Gasteiger partial charge in [0.05, 0.1) is 17.6 Å². The molecule has 2 heterocycles. The van der Waals surface area contributed by atoms with Crippen molar-refractivity contribution in [2.45, 2.75) is 44.6 Å². The molecule has 1 fully saturated rings.